The highest BCUT2D eigenvalue weighted by molar-refractivity contribution is 7.47. The van der Waals surface area contributed by atoms with Gasteiger partial charge in [-0.1, -0.05) is 401 Å². The number of phosphoric acid groups is 2. The van der Waals surface area contributed by atoms with Gasteiger partial charge in [-0.05, 0) is 31.6 Å². The van der Waals surface area contributed by atoms with E-state index >= 15 is 0 Å². The minimum atomic E-state index is -4.96. The van der Waals surface area contributed by atoms with Crippen LogP contribution in [0.4, 0.5) is 0 Å². The summed E-state index contributed by atoms with van der Waals surface area (Å²) in [5, 5.41) is 10.6. The zero-order valence-electron chi connectivity index (χ0n) is 67.5. The van der Waals surface area contributed by atoms with E-state index in [9.17, 15) is 43.2 Å². The first-order chi connectivity index (χ1) is 50.0. The molecule has 612 valence electrons. The molecule has 0 saturated heterocycles. The number of aliphatic hydroxyl groups is 1. The van der Waals surface area contributed by atoms with Crippen molar-refractivity contribution in [3.05, 3.63) is 0 Å². The van der Waals surface area contributed by atoms with E-state index in [0.29, 0.717) is 25.7 Å². The molecule has 5 atom stereocenters. The van der Waals surface area contributed by atoms with Crippen molar-refractivity contribution in [1.82, 2.24) is 0 Å². The van der Waals surface area contributed by atoms with E-state index in [2.05, 4.69) is 34.6 Å². The number of aliphatic hydroxyl groups excluding tert-OH is 1. The summed E-state index contributed by atoms with van der Waals surface area (Å²) in [5.41, 5.74) is 0. The van der Waals surface area contributed by atoms with Crippen molar-refractivity contribution < 1.29 is 80.2 Å². The summed E-state index contributed by atoms with van der Waals surface area (Å²) in [6.07, 6.45) is 70.0. The van der Waals surface area contributed by atoms with Crippen LogP contribution >= 0.6 is 15.6 Å². The van der Waals surface area contributed by atoms with E-state index in [-0.39, 0.29) is 25.7 Å². The van der Waals surface area contributed by atoms with Gasteiger partial charge in [0.1, 0.15) is 19.3 Å². The van der Waals surface area contributed by atoms with Crippen LogP contribution in [0.3, 0.4) is 0 Å². The summed E-state index contributed by atoms with van der Waals surface area (Å²) in [6.45, 7) is 7.29. The summed E-state index contributed by atoms with van der Waals surface area (Å²) in [6, 6.07) is 0. The van der Waals surface area contributed by atoms with Crippen molar-refractivity contribution in [3.8, 4) is 0 Å². The van der Waals surface area contributed by atoms with Crippen LogP contribution < -0.4 is 0 Å². The summed E-state index contributed by atoms with van der Waals surface area (Å²) in [4.78, 5) is 72.8. The van der Waals surface area contributed by atoms with Gasteiger partial charge in [-0.15, -0.1) is 0 Å². The number of hydrogen-bond acceptors (Lipinski definition) is 15. The highest BCUT2D eigenvalue weighted by Gasteiger charge is 2.30. The molecule has 0 bridgehead atoms. The molecule has 0 aromatic heterocycles. The predicted octanol–water partition coefficient (Wildman–Crippen LogP) is 25.6. The summed E-state index contributed by atoms with van der Waals surface area (Å²) in [7, 11) is -9.91. The lowest BCUT2D eigenvalue weighted by atomic mass is 10.0. The van der Waals surface area contributed by atoms with Crippen LogP contribution in [0.5, 0.6) is 0 Å². The van der Waals surface area contributed by atoms with Gasteiger partial charge >= 0.3 is 39.5 Å². The molecule has 103 heavy (non-hydrogen) atoms. The number of rotatable bonds is 84. The quantitative estimate of drug-likeness (QED) is 0.0222. The molecule has 0 aromatic carbocycles. The molecular formula is C84H164O17P2. The first kappa shape index (κ1) is 101. The highest BCUT2D eigenvalue weighted by Crippen LogP contribution is 2.45. The molecule has 3 N–H and O–H groups in total. The Morgan fingerprint density at radius 3 is 0.660 bits per heavy atom. The number of ether oxygens (including phenoxy) is 4. The second-order valence-corrected chi connectivity index (χ2v) is 33.6. The van der Waals surface area contributed by atoms with Crippen LogP contribution in [0.2, 0.25) is 0 Å². The van der Waals surface area contributed by atoms with Gasteiger partial charge in [0.05, 0.1) is 26.4 Å². The maximum Gasteiger partial charge on any atom is 0.472 e. The van der Waals surface area contributed by atoms with E-state index in [1.807, 2.05) is 0 Å². The number of hydrogen-bond donors (Lipinski definition) is 3. The molecule has 2 unspecified atom stereocenters. The fourth-order valence-electron chi connectivity index (χ4n) is 13.1. The third-order valence-corrected chi connectivity index (χ3v) is 21.7. The molecular weight excluding hydrogens is 1340 g/mol. The van der Waals surface area contributed by atoms with Crippen molar-refractivity contribution >= 4 is 39.5 Å². The molecule has 0 spiro atoms. The van der Waals surface area contributed by atoms with Gasteiger partial charge in [-0.25, -0.2) is 9.13 Å². The maximum atomic E-state index is 13.1. The average Bonchev–Trinajstić information content (AvgIpc) is 0.913. The molecule has 0 fully saturated rings. The molecule has 0 radical (unpaired) electrons. The Morgan fingerprint density at radius 2 is 0.447 bits per heavy atom. The molecule has 0 rings (SSSR count). The van der Waals surface area contributed by atoms with E-state index in [4.69, 9.17) is 37.0 Å². The summed E-state index contributed by atoms with van der Waals surface area (Å²) < 4.78 is 68.6. The van der Waals surface area contributed by atoms with Crippen molar-refractivity contribution in [2.75, 3.05) is 39.6 Å². The molecule has 0 amide bonds. The molecule has 17 nitrogen and oxygen atoms in total. The van der Waals surface area contributed by atoms with Gasteiger partial charge in [0.25, 0.3) is 0 Å². The number of carbonyl (C=O) groups is 4. The normalized spacial score (nSPS) is 13.8. The molecule has 0 heterocycles. The molecule has 0 aromatic rings. The minimum Gasteiger partial charge on any atom is -0.462 e. The monoisotopic (exact) mass is 1510 g/mol. The molecule has 0 aliphatic carbocycles. The van der Waals surface area contributed by atoms with E-state index in [1.54, 1.807) is 0 Å². The Morgan fingerprint density at radius 1 is 0.262 bits per heavy atom. The lowest BCUT2D eigenvalue weighted by Crippen LogP contribution is -2.30. The topological polar surface area (TPSA) is 237 Å². The number of unbranched alkanes of at least 4 members (excludes halogenated alkanes) is 56. The number of carbonyl (C=O) groups excluding carboxylic acids is 4. The van der Waals surface area contributed by atoms with E-state index < -0.39 is 97.5 Å². The number of phosphoric ester groups is 2. The fraction of sp³-hybridized carbons (Fsp3) is 0.952. The van der Waals surface area contributed by atoms with E-state index in [0.717, 1.165) is 102 Å². The van der Waals surface area contributed by atoms with Crippen LogP contribution in [0.15, 0.2) is 0 Å². The maximum absolute atomic E-state index is 13.1. The molecule has 0 aliphatic heterocycles. The molecule has 19 heteroatoms. The third kappa shape index (κ3) is 78.0. The SMILES string of the molecule is CCCCCCCCCCCCCCCCCCCCCCCC(=O)OC[C@H](COP(=O)(O)OC[C@@H](O)COP(=O)(O)OC[C@@H](COC(=O)CCCCCCC)OC(=O)CCCCCCCCCCCCCCCCCC)OC(=O)CCCCCCCCCCCCCCCCCCCCC(C)C. The van der Waals surface area contributed by atoms with Crippen molar-refractivity contribution in [2.24, 2.45) is 5.92 Å². The van der Waals surface area contributed by atoms with Crippen molar-refractivity contribution in [3.63, 3.8) is 0 Å². The zero-order valence-corrected chi connectivity index (χ0v) is 69.3. The van der Waals surface area contributed by atoms with Crippen LogP contribution in [-0.2, 0) is 65.4 Å². The first-order valence-electron chi connectivity index (χ1n) is 43.6. The van der Waals surface area contributed by atoms with Crippen LogP contribution in [0.1, 0.15) is 452 Å². The third-order valence-electron chi connectivity index (χ3n) is 19.8. The lowest BCUT2D eigenvalue weighted by molar-refractivity contribution is -0.161. The lowest BCUT2D eigenvalue weighted by Gasteiger charge is -2.21. The van der Waals surface area contributed by atoms with Gasteiger partial charge in [-0.2, -0.15) is 0 Å². The Labute approximate surface area is 632 Å². The van der Waals surface area contributed by atoms with Crippen molar-refractivity contribution in [2.45, 2.75) is 470 Å². The summed E-state index contributed by atoms with van der Waals surface area (Å²) in [5.74, 6) is -1.29. The fourth-order valence-corrected chi connectivity index (χ4v) is 14.7. The Balaban J connectivity index is 5.10. The highest BCUT2D eigenvalue weighted by atomic mass is 31.2. The molecule has 0 aliphatic rings. The largest absolute Gasteiger partial charge is 0.472 e. The van der Waals surface area contributed by atoms with Crippen LogP contribution in [0, 0.1) is 5.92 Å². The Kier molecular flexibility index (Phi) is 75.4. The second-order valence-electron chi connectivity index (χ2n) is 30.7. The number of esters is 4. The first-order valence-corrected chi connectivity index (χ1v) is 46.6. The average molecular weight is 1510 g/mol. The van der Waals surface area contributed by atoms with E-state index in [1.165, 1.54) is 270 Å². The molecule has 0 saturated carbocycles. The Hall–Kier alpha value is -1.94. The second kappa shape index (κ2) is 76.8. The van der Waals surface area contributed by atoms with Gasteiger partial charge in [0.15, 0.2) is 12.2 Å². The van der Waals surface area contributed by atoms with Gasteiger partial charge in [-0.3, -0.25) is 37.3 Å². The van der Waals surface area contributed by atoms with Crippen LogP contribution in [-0.4, -0.2) is 96.7 Å². The Bertz CT molecular complexity index is 1960. The minimum absolute atomic E-state index is 0.108. The van der Waals surface area contributed by atoms with Gasteiger partial charge < -0.3 is 33.8 Å². The van der Waals surface area contributed by atoms with Gasteiger partial charge in [0, 0.05) is 25.7 Å². The smallest absolute Gasteiger partial charge is 0.462 e. The summed E-state index contributed by atoms with van der Waals surface area (Å²) >= 11 is 0. The van der Waals surface area contributed by atoms with Crippen molar-refractivity contribution in [1.29, 1.82) is 0 Å². The predicted molar refractivity (Wildman–Crippen MR) is 423 cm³/mol. The van der Waals surface area contributed by atoms with Crippen LogP contribution in [0.25, 0.3) is 0 Å². The zero-order chi connectivity index (χ0) is 75.5. The van der Waals surface area contributed by atoms with Gasteiger partial charge in [0.2, 0.25) is 0 Å². The standard InChI is InChI=1S/C84H164O17P2/c1-6-9-12-15-17-19-21-23-25-27-28-29-30-34-38-41-45-49-53-58-63-68-82(87)95-74-80(101-84(89)70-65-60-55-51-47-43-39-35-32-31-33-36-40-44-48-52-57-61-66-77(4)5)76-99-103(92,93)97-72-78(85)71-96-102(90,91)98-75-79(73-94-81(86)67-62-56-14-11-8-3)100-83(88)69-64-59-54-50-46-42-37-26-24-22-20-18-16-13-10-7-2/h77-80,85H,6-76H2,1-5H3,(H,90,91)(H,92,93)/t78-,79+,80+/m0/s1.